The van der Waals surface area contributed by atoms with Crippen molar-refractivity contribution < 1.29 is 18.9 Å². The van der Waals surface area contributed by atoms with Gasteiger partial charge < -0.3 is 18.9 Å². The van der Waals surface area contributed by atoms with Crippen LogP contribution in [0.15, 0.2) is 36.4 Å². The van der Waals surface area contributed by atoms with E-state index < -0.39 is 0 Å². The Bertz CT molecular complexity index is 748. The molecule has 152 valence electrons. The van der Waals surface area contributed by atoms with Crippen LogP contribution >= 0.6 is 0 Å². The quantitative estimate of drug-likeness (QED) is 0.695. The van der Waals surface area contributed by atoms with Crippen LogP contribution in [-0.2, 0) is 13.1 Å². The van der Waals surface area contributed by atoms with Gasteiger partial charge in [0.1, 0.15) is 5.75 Å². The minimum absolute atomic E-state index is 0.636. The third kappa shape index (κ3) is 4.88. The molecule has 1 aliphatic heterocycles. The van der Waals surface area contributed by atoms with Crippen LogP contribution in [-0.4, -0.2) is 64.4 Å². The van der Waals surface area contributed by atoms with Gasteiger partial charge in [-0.15, -0.1) is 0 Å². The number of benzene rings is 2. The van der Waals surface area contributed by atoms with E-state index >= 15 is 0 Å². The molecule has 1 aliphatic rings. The molecule has 2 aromatic rings. The van der Waals surface area contributed by atoms with Gasteiger partial charge in [0.15, 0.2) is 11.5 Å². The molecule has 1 fully saturated rings. The van der Waals surface area contributed by atoms with Crippen LogP contribution in [0.2, 0.25) is 0 Å². The summed E-state index contributed by atoms with van der Waals surface area (Å²) in [7, 11) is 6.64. The largest absolute Gasteiger partial charge is 0.497 e. The summed E-state index contributed by atoms with van der Waals surface area (Å²) in [6.07, 6.45) is 0. The molecule has 3 rings (SSSR count). The topological polar surface area (TPSA) is 43.4 Å². The van der Waals surface area contributed by atoms with E-state index in [0.29, 0.717) is 17.2 Å². The average Bonchev–Trinajstić information content (AvgIpc) is 2.74. The minimum atomic E-state index is 0.636. The first kappa shape index (κ1) is 20.3. The smallest absolute Gasteiger partial charge is 0.203 e. The lowest BCUT2D eigenvalue weighted by atomic mass is 10.1. The van der Waals surface area contributed by atoms with E-state index in [2.05, 4.69) is 28.0 Å². The van der Waals surface area contributed by atoms with Crippen molar-refractivity contribution in [2.45, 2.75) is 13.1 Å². The highest BCUT2D eigenvalue weighted by atomic mass is 16.5. The van der Waals surface area contributed by atoms with Gasteiger partial charge in [-0.3, -0.25) is 9.80 Å². The molecule has 1 heterocycles. The fourth-order valence-corrected chi connectivity index (χ4v) is 3.62. The van der Waals surface area contributed by atoms with Crippen LogP contribution < -0.4 is 18.9 Å². The van der Waals surface area contributed by atoms with Crippen molar-refractivity contribution >= 4 is 0 Å². The highest BCUT2D eigenvalue weighted by Gasteiger charge is 2.19. The maximum Gasteiger partial charge on any atom is 0.203 e. The van der Waals surface area contributed by atoms with Crippen LogP contribution in [0.3, 0.4) is 0 Å². The lowest BCUT2D eigenvalue weighted by Crippen LogP contribution is -2.45. The minimum Gasteiger partial charge on any atom is -0.497 e. The number of hydrogen-bond donors (Lipinski definition) is 0. The van der Waals surface area contributed by atoms with Crippen LogP contribution in [0.25, 0.3) is 0 Å². The summed E-state index contributed by atoms with van der Waals surface area (Å²) in [5.41, 5.74) is 2.45. The molecular weight excluding hydrogens is 356 g/mol. The molecule has 0 amide bonds. The van der Waals surface area contributed by atoms with E-state index in [1.54, 1.807) is 28.4 Å². The SMILES string of the molecule is COc1cccc(CN2CCN(Cc3cc(OC)c(OC)c(OC)c3)CC2)c1. The second-order valence-corrected chi connectivity index (χ2v) is 6.94. The Morgan fingerprint density at radius 1 is 0.679 bits per heavy atom. The highest BCUT2D eigenvalue weighted by molar-refractivity contribution is 5.53. The zero-order valence-corrected chi connectivity index (χ0v) is 17.2. The van der Waals surface area contributed by atoms with Gasteiger partial charge >= 0.3 is 0 Å². The number of piperazine rings is 1. The molecule has 0 bridgehead atoms. The number of nitrogens with zero attached hydrogens (tertiary/aromatic N) is 2. The van der Waals surface area contributed by atoms with Gasteiger partial charge in [0.25, 0.3) is 0 Å². The molecular formula is C22H30N2O4. The fourth-order valence-electron chi connectivity index (χ4n) is 3.62. The Balaban J connectivity index is 1.58. The van der Waals surface area contributed by atoms with Gasteiger partial charge in [-0.05, 0) is 35.4 Å². The lowest BCUT2D eigenvalue weighted by molar-refractivity contribution is 0.122. The van der Waals surface area contributed by atoms with Crippen LogP contribution in [0, 0.1) is 0 Å². The standard InChI is InChI=1S/C22H30N2O4/c1-25-19-7-5-6-17(12-19)15-23-8-10-24(11-9-23)16-18-13-20(26-2)22(28-4)21(14-18)27-3/h5-7,12-14H,8-11,15-16H2,1-4H3. The van der Waals surface area contributed by atoms with Crippen molar-refractivity contribution in [1.82, 2.24) is 9.80 Å². The highest BCUT2D eigenvalue weighted by Crippen LogP contribution is 2.38. The van der Waals surface area contributed by atoms with Gasteiger partial charge in [-0.2, -0.15) is 0 Å². The molecule has 6 nitrogen and oxygen atoms in total. The van der Waals surface area contributed by atoms with E-state index in [-0.39, 0.29) is 0 Å². The second kappa shape index (κ2) is 9.66. The van der Waals surface area contributed by atoms with Crippen LogP contribution in [0.1, 0.15) is 11.1 Å². The van der Waals surface area contributed by atoms with Crippen molar-refractivity contribution in [2.24, 2.45) is 0 Å². The molecule has 0 saturated carbocycles. The van der Waals surface area contributed by atoms with E-state index in [4.69, 9.17) is 18.9 Å². The second-order valence-electron chi connectivity index (χ2n) is 6.94. The van der Waals surface area contributed by atoms with Crippen molar-refractivity contribution in [3.63, 3.8) is 0 Å². The van der Waals surface area contributed by atoms with Crippen molar-refractivity contribution in [3.05, 3.63) is 47.5 Å². The summed E-state index contributed by atoms with van der Waals surface area (Å²) >= 11 is 0. The van der Waals surface area contributed by atoms with Crippen LogP contribution in [0.4, 0.5) is 0 Å². The normalized spacial score (nSPS) is 15.3. The van der Waals surface area contributed by atoms with Gasteiger partial charge in [-0.25, -0.2) is 0 Å². The Kier molecular flexibility index (Phi) is 7.01. The first-order chi connectivity index (χ1) is 13.7. The molecule has 0 unspecified atom stereocenters. The van der Waals surface area contributed by atoms with E-state index in [1.165, 1.54) is 5.56 Å². The first-order valence-corrected chi connectivity index (χ1v) is 9.53. The van der Waals surface area contributed by atoms with E-state index in [1.807, 2.05) is 18.2 Å². The number of hydrogen-bond acceptors (Lipinski definition) is 6. The lowest BCUT2D eigenvalue weighted by Gasteiger charge is -2.35. The number of rotatable bonds is 8. The molecule has 6 heteroatoms. The molecule has 0 N–H and O–H groups in total. The summed E-state index contributed by atoms with van der Waals surface area (Å²) in [5.74, 6) is 2.96. The monoisotopic (exact) mass is 386 g/mol. The summed E-state index contributed by atoms with van der Waals surface area (Å²) in [6, 6.07) is 12.4. The maximum absolute atomic E-state index is 5.47. The number of ether oxygens (including phenoxy) is 4. The summed E-state index contributed by atoms with van der Waals surface area (Å²) < 4.78 is 21.7. The Hall–Kier alpha value is -2.44. The van der Waals surface area contributed by atoms with Crippen molar-refractivity contribution in [3.8, 4) is 23.0 Å². The zero-order chi connectivity index (χ0) is 19.9. The van der Waals surface area contributed by atoms with Crippen molar-refractivity contribution in [2.75, 3.05) is 54.6 Å². The molecule has 0 aliphatic carbocycles. The molecule has 1 saturated heterocycles. The van der Waals surface area contributed by atoms with Gasteiger partial charge in [-0.1, -0.05) is 12.1 Å². The number of methoxy groups -OCH3 is 4. The fraction of sp³-hybridized carbons (Fsp3) is 0.455. The molecule has 0 aromatic heterocycles. The third-order valence-corrected chi connectivity index (χ3v) is 5.14. The van der Waals surface area contributed by atoms with Crippen molar-refractivity contribution in [1.29, 1.82) is 0 Å². The predicted molar refractivity (Wildman–Crippen MR) is 110 cm³/mol. The van der Waals surface area contributed by atoms with Crippen LogP contribution in [0.5, 0.6) is 23.0 Å². The summed E-state index contributed by atoms with van der Waals surface area (Å²) in [6.45, 7) is 5.96. The van der Waals surface area contributed by atoms with Gasteiger partial charge in [0.05, 0.1) is 28.4 Å². The molecule has 0 radical (unpaired) electrons. The molecule has 0 spiro atoms. The van der Waals surface area contributed by atoms with E-state index in [0.717, 1.165) is 50.6 Å². The first-order valence-electron chi connectivity index (χ1n) is 9.53. The Morgan fingerprint density at radius 3 is 1.75 bits per heavy atom. The molecule has 28 heavy (non-hydrogen) atoms. The average molecular weight is 386 g/mol. The Morgan fingerprint density at radius 2 is 1.25 bits per heavy atom. The van der Waals surface area contributed by atoms with Gasteiger partial charge in [0.2, 0.25) is 5.75 Å². The Labute approximate surface area is 167 Å². The summed E-state index contributed by atoms with van der Waals surface area (Å²) in [5, 5.41) is 0. The zero-order valence-electron chi connectivity index (χ0n) is 17.2. The third-order valence-electron chi connectivity index (χ3n) is 5.14. The van der Waals surface area contributed by atoms with Gasteiger partial charge in [0, 0.05) is 39.3 Å². The molecule has 0 atom stereocenters. The summed E-state index contributed by atoms with van der Waals surface area (Å²) in [4.78, 5) is 4.95. The van der Waals surface area contributed by atoms with E-state index in [9.17, 15) is 0 Å². The molecule has 2 aromatic carbocycles. The predicted octanol–water partition coefficient (Wildman–Crippen LogP) is 3.04. The maximum atomic E-state index is 5.47.